The second-order valence-corrected chi connectivity index (χ2v) is 6.68. The molecule has 0 N–H and O–H groups in total. The van der Waals surface area contributed by atoms with E-state index in [-0.39, 0.29) is 0 Å². The van der Waals surface area contributed by atoms with Crippen molar-refractivity contribution in [2.75, 3.05) is 19.7 Å². The Morgan fingerprint density at radius 1 is 1.32 bits per heavy atom. The van der Waals surface area contributed by atoms with Gasteiger partial charge in [0.05, 0.1) is 13.2 Å². The molecule has 2 aliphatic rings. The van der Waals surface area contributed by atoms with Gasteiger partial charge in [-0.3, -0.25) is 4.90 Å². The van der Waals surface area contributed by atoms with Crippen molar-refractivity contribution in [1.82, 2.24) is 4.90 Å². The molecule has 1 aromatic carbocycles. The van der Waals surface area contributed by atoms with E-state index in [1.165, 1.54) is 43.2 Å². The third-order valence-corrected chi connectivity index (χ3v) is 5.29. The largest absolute Gasteiger partial charge is 0.490 e. The highest BCUT2D eigenvalue weighted by atomic mass is 16.5. The van der Waals surface area contributed by atoms with Crippen molar-refractivity contribution in [2.45, 2.75) is 45.6 Å². The minimum atomic E-state index is 0.679. The second kappa shape index (κ2) is 5.96. The quantitative estimate of drug-likeness (QED) is 0.819. The normalized spacial score (nSPS) is 19.1. The van der Waals surface area contributed by atoms with Gasteiger partial charge in [-0.2, -0.15) is 0 Å². The minimum absolute atomic E-state index is 0.679. The third kappa shape index (κ3) is 2.52. The predicted molar refractivity (Wildman–Crippen MR) is 88.3 cm³/mol. The Morgan fingerprint density at radius 2 is 2.23 bits per heavy atom. The zero-order chi connectivity index (χ0) is 14.9. The maximum atomic E-state index is 6.18. The van der Waals surface area contributed by atoms with Gasteiger partial charge in [0.1, 0.15) is 5.76 Å². The fourth-order valence-electron chi connectivity index (χ4n) is 3.75. The molecule has 1 aromatic heterocycles. The highest BCUT2D eigenvalue weighted by molar-refractivity contribution is 5.87. The summed E-state index contributed by atoms with van der Waals surface area (Å²) in [7, 11) is 0. The van der Waals surface area contributed by atoms with Crippen LogP contribution in [0, 0.1) is 5.92 Å². The Labute approximate surface area is 132 Å². The number of ether oxygens (including phenoxy) is 1. The minimum Gasteiger partial charge on any atom is -0.490 e. The fourth-order valence-corrected chi connectivity index (χ4v) is 3.75. The number of fused-ring (bicyclic) bond motifs is 3. The topological polar surface area (TPSA) is 25.6 Å². The number of para-hydroxylation sites is 1. The van der Waals surface area contributed by atoms with E-state index < -0.39 is 0 Å². The Kier molecular flexibility index (Phi) is 3.83. The molecule has 0 saturated heterocycles. The number of furan rings is 1. The summed E-state index contributed by atoms with van der Waals surface area (Å²) >= 11 is 0. The summed E-state index contributed by atoms with van der Waals surface area (Å²) < 4.78 is 11.9. The highest BCUT2D eigenvalue weighted by Crippen LogP contribution is 2.36. The van der Waals surface area contributed by atoms with Crippen LogP contribution < -0.4 is 4.74 Å². The molecule has 118 valence electrons. The van der Waals surface area contributed by atoms with Crippen LogP contribution in [-0.2, 0) is 13.0 Å². The van der Waals surface area contributed by atoms with Crippen molar-refractivity contribution in [3.63, 3.8) is 0 Å². The van der Waals surface area contributed by atoms with Gasteiger partial charge in [0.15, 0.2) is 11.3 Å². The van der Waals surface area contributed by atoms with Gasteiger partial charge in [0.25, 0.3) is 0 Å². The van der Waals surface area contributed by atoms with E-state index in [0.29, 0.717) is 6.61 Å². The van der Waals surface area contributed by atoms with Crippen LogP contribution in [0.15, 0.2) is 22.6 Å². The molecule has 0 unspecified atom stereocenters. The summed E-state index contributed by atoms with van der Waals surface area (Å²) in [6, 6.07) is 6.26. The number of nitrogens with zero attached hydrogens (tertiary/aromatic N) is 1. The molecule has 2 heterocycles. The molecule has 1 aliphatic heterocycles. The van der Waals surface area contributed by atoms with Gasteiger partial charge in [0, 0.05) is 17.5 Å². The Bertz CT molecular complexity index is 657. The van der Waals surface area contributed by atoms with Gasteiger partial charge < -0.3 is 9.15 Å². The molecule has 1 fully saturated rings. The van der Waals surface area contributed by atoms with Crippen LogP contribution in [0.25, 0.3) is 11.0 Å². The molecule has 3 nitrogen and oxygen atoms in total. The lowest BCUT2D eigenvalue weighted by Gasteiger charge is -2.30. The smallest absolute Gasteiger partial charge is 0.176 e. The summed E-state index contributed by atoms with van der Waals surface area (Å²) in [6.45, 7) is 6.04. The monoisotopic (exact) mass is 299 g/mol. The lowest BCUT2D eigenvalue weighted by Crippen LogP contribution is -2.32. The fraction of sp³-hybridized carbons (Fsp3) is 0.579. The molecule has 4 rings (SSSR count). The van der Waals surface area contributed by atoms with Crippen LogP contribution in [0.3, 0.4) is 0 Å². The molecule has 0 bridgehead atoms. The van der Waals surface area contributed by atoms with E-state index in [0.717, 1.165) is 42.5 Å². The Balaban J connectivity index is 1.53. The first-order chi connectivity index (χ1) is 10.8. The standard InChI is InChI=1S/C19H25NO2/c1-2-21-17-8-4-7-16-15-10-12-20(11-9-14-5-3-6-14)13-18(15)22-19(16)17/h4,7-8,14H,2-3,5-6,9-13H2,1H3. The zero-order valence-corrected chi connectivity index (χ0v) is 13.4. The van der Waals surface area contributed by atoms with Gasteiger partial charge in [-0.05, 0) is 38.3 Å². The maximum absolute atomic E-state index is 6.18. The lowest BCUT2D eigenvalue weighted by molar-refractivity contribution is 0.189. The summed E-state index contributed by atoms with van der Waals surface area (Å²) in [6.07, 6.45) is 6.80. The third-order valence-electron chi connectivity index (χ3n) is 5.29. The van der Waals surface area contributed by atoms with Gasteiger partial charge in [0.2, 0.25) is 0 Å². The van der Waals surface area contributed by atoms with Crippen LogP contribution in [0.4, 0.5) is 0 Å². The number of benzene rings is 1. The number of rotatable bonds is 5. The molecule has 0 atom stereocenters. The average molecular weight is 299 g/mol. The van der Waals surface area contributed by atoms with Crippen LogP contribution in [-0.4, -0.2) is 24.6 Å². The van der Waals surface area contributed by atoms with Crippen LogP contribution in [0.1, 0.15) is 43.9 Å². The van der Waals surface area contributed by atoms with Gasteiger partial charge in [-0.25, -0.2) is 0 Å². The maximum Gasteiger partial charge on any atom is 0.176 e. The summed E-state index contributed by atoms with van der Waals surface area (Å²) in [5.41, 5.74) is 2.34. The molecule has 1 aliphatic carbocycles. The molecule has 0 amide bonds. The number of hydrogen-bond acceptors (Lipinski definition) is 3. The van der Waals surface area contributed by atoms with Gasteiger partial charge in [-0.15, -0.1) is 0 Å². The molecule has 1 saturated carbocycles. The van der Waals surface area contributed by atoms with Crippen LogP contribution in [0.5, 0.6) is 5.75 Å². The van der Waals surface area contributed by atoms with Crippen molar-refractivity contribution in [2.24, 2.45) is 5.92 Å². The van der Waals surface area contributed by atoms with E-state index in [1.54, 1.807) is 0 Å². The van der Waals surface area contributed by atoms with Crippen molar-refractivity contribution in [3.8, 4) is 5.75 Å². The van der Waals surface area contributed by atoms with E-state index in [1.807, 2.05) is 13.0 Å². The second-order valence-electron chi connectivity index (χ2n) is 6.68. The van der Waals surface area contributed by atoms with Crippen LogP contribution >= 0.6 is 0 Å². The average Bonchev–Trinajstić information content (AvgIpc) is 2.85. The van der Waals surface area contributed by atoms with Crippen molar-refractivity contribution < 1.29 is 9.15 Å². The molecule has 22 heavy (non-hydrogen) atoms. The summed E-state index contributed by atoms with van der Waals surface area (Å²) in [4.78, 5) is 2.56. The van der Waals surface area contributed by atoms with E-state index >= 15 is 0 Å². The van der Waals surface area contributed by atoms with Gasteiger partial charge >= 0.3 is 0 Å². The van der Waals surface area contributed by atoms with E-state index in [9.17, 15) is 0 Å². The van der Waals surface area contributed by atoms with E-state index in [2.05, 4.69) is 17.0 Å². The molecule has 2 aromatic rings. The van der Waals surface area contributed by atoms with Crippen molar-refractivity contribution in [1.29, 1.82) is 0 Å². The first kappa shape index (κ1) is 14.1. The number of hydrogen-bond donors (Lipinski definition) is 0. The Hall–Kier alpha value is -1.48. The van der Waals surface area contributed by atoms with Gasteiger partial charge in [-0.1, -0.05) is 31.4 Å². The van der Waals surface area contributed by atoms with E-state index in [4.69, 9.17) is 9.15 Å². The molecular formula is C19H25NO2. The van der Waals surface area contributed by atoms with Crippen molar-refractivity contribution in [3.05, 3.63) is 29.5 Å². The Morgan fingerprint density at radius 3 is 3.00 bits per heavy atom. The molecular weight excluding hydrogens is 274 g/mol. The first-order valence-corrected chi connectivity index (χ1v) is 8.73. The summed E-state index contributed by atoms with van der Waals surface area (Å²) in [5.74, 6) is 3.03. The molecule has 0 spiro atoms. The molecule has 3 heteroatoms. The first-order valence-electron chi connectivity index (χ1n) is 8.73. The van der Waals surface area contributed by atoms with Crippen molar-refractivity contribution >= 4 is 11.0 Å². The summed E-state index contributed by atoms with van der Waals surface area (Å²) in [5, 5.41) is 1.25. The van der Waals surface area contributed by atoms with Crippen LogP contribution in [0.2, 0.25) is 0 Å². The predicted octanol–water partition coefficient (Wildman–Crippen LogP) is 4.38. The lowest BCUT2D eigenvalue weighted by atomic mass is 9.83. The SMILES string of the molecule is CCOc1cccc2c3c(oc12)CN(CCC1CCC1)CC3. The highest BCUT2D eigenvalue weighted by Gasteiger charge is 2.25. The molecule has 0 radical (unpaired) electrons. The zero-order valence-electron chi connectivity index (χ0n) is 13.4.